The Morgan fingerprint density at radius 1 is 1.46 bits per heavy atom. The van der Waals surface area contributed by atoms with Crippen LogP contribution in [0.15, 0.2) is 18.2 Å². The van der Waals surface area contributed by atoms with Gasteiger partial charge in [-0.15, -0.1) is 0 Å². The van der Waals surface area contributed by atoms with Crippen LogP contribution < -0.4 is 11.1 Å². The summed E-state index contributed by atoms with van der Waals surface area (Å²) >= 11 is 5.88. The second kappa shape index (κ2) is 3.46. The number of benzene rings is 1. The summed E-state index contributed by atoms with van der Waals surface area (Å²) in [5.41, 5.74) is 7.41. The van der Waals surface area contributed by atoms with Crippen molar-refractivity contribution >= 4 is 23.0 Å². The van der Waals surface area contributed by atoms with Gasteiger partial charge in [0.25, 0.3) is 0 Å². The lowest BCUT2D eigenvalue weighted by Gasteiger charge is -2.09. The molecule has 1 aromatic carbocycles. The summed E-state index contributed by atoms with van der Waals surface area (Å²) in [6.07, 6.45) is 2.68. The lowest BCUT2D eigenvalue weighted by molar-refractivity contribution is 0.890. The predicted octanol–water partition coefficient (Wildman–Crippen LogP) is 2.74. The average molecular weight is 197 g/mol. The summed E-state index contributed by atoms with van der Waals surface area (Å²) in [5, 5.41) is 3.93. The van der Waals surface area contributed by atoms with Crippen LogP contribution in [0.3, 0.4) is 0 Å². The van der Waals surface area contributed by atoms with Crippen molar-refractivity contribution in [3.63, 3.8) is 0 Å². The standard InChI is InChI=1S/C10H13ClN2/c11-8-2-1-3-9(10(8)12)13-6-7-4-5-7/h1-3,7,13H,4-6,12H2. The van der Waals surface area contributed by atoms with E-state index in [0.717, 1.165) is 18.2 Å². The maximum atomic E-state index is 5.88. The number of nitrogens with one attached hydrogen (secondary N) is 1. The summed E-state index contributed by atoms with van der Waals surface area (Å²) in [4.78, 5) is 0. The number of hydrogen-bond acceptors (Lipinski definition) is 2. The van der Waals surface area contributed by atoms with Crippen LogP contribution in [0.1, 0.15) is 12.8 Å². The molecule has 0 spiro atoms. The van der Waals surface area contributed by atoms with Gasteiger partial charge >= 0.3 is 0 Å². The van der Waals surface area contributed by atoms with Crippen LogP contribution in [0.4, 0.5) is 11.4 Å². The van der Waals surface area contributed by atoms with Gasteiger partial charge in [-0.3, -0.25) is 0 Å². The van der Waals surface area contributed by atoms with Crippen LogP contribution in [-0.2, 0) is 0 Å². The van der Waals surface area contributed by atoms with E-state index in [1.165, 1.54) is 12.8 Å². The van der Waals surface area contributed by atoms with E-state index in [0.29, 0.717) is 10.7 Å². The van der Waals surface area contributed by atoms with Crippen molar-refractivity contribution in [2.45, 2.75) is 12.8 Å². The van der Waals surface area contributed by atoms with Crippen LogP contribution in [0.25, 0.3) is 0 Å². The molecule has 0 aromatic heterocycles. The highest BCUT2D eigenvalue weighted by atomic mass is 35.5. The molecule has 1 fully saturated rings. The van der Waals surface area contributed by atoms with Crippen molar-refractivity contribution in [1.82, 2.24) is 0 Å². The predicted molar refractivity (Wildman–Crippen MR) is 57.1 cm³/mol. The highest BCUT2D eigenvalue weighted by Gasteiger charge is 2.20. The fourth-order valence-corrected chi connectivity index (χ4v) is 1.44. The van der Waals surface area contributed by atoms with Gasteiger partial charge in [0, 0.05) is 6.54 Å². The van der Waals surface area contributed by atoms with Gasteiger partial charge in [0.1, 0.15) is 0 Å². The number of para-hydroxylation sites is 1. The second-order valence-corrected chi connectivity index (χ2v) is 3.93. The third kappa shape index (κ3) is 2.07. The molecule has 3 N–H and O–H groups in total. The Hall–Kier alpha value is -0.890. The molecule has 0 saturated heterocycles. The average Bonchev–Trinajstić information content (AvgIpc) is 2.91. The molecule has 1 saturated carbocycles. The highest BCUT2D eigenvalue weighted by molar-refractivity contribution is 6.33. The Kier molecular flexibility index (Phi) is 2.32. The number of nitrogens with two attached hydrogens (primary N) is 1. The summed E-state index contributed by atoms with van der Waals surface area (Å²) in [5.74, 6) is 0.846. The van der Waals surface area contributed by atoms with E-state index in [-0.39, 0.29) is 0 Å². The monoisotopic (exact) mass is 196 g/mol. The van der Waals surface area contributed by atoms with Gasteiger partial charge in [-0.25, -0.2) is 0 Å². The highest BCUT2D eigenvalue weighted by Crippen LogP contribution is 2.31. The van der Waals surface area contributed by atoms with Crippen LogP contribution in [-0.4, -0.2) is 6.54 Å². The van der Waals surface area contributed by atoms with Crippen LogP contribution in [0.2, 0.25) is 5.02 Å². The maximum absolute atomic E-state index is 5.88. The first-order valence-electron chi connectivity index (χ1n) is 4.55. The van der Waals surface area contributed by atoms with E-state index < -0.39 is 0 Å². The van der Waals surface area contributed by atoms with Gasteiger partial charge in [-0.1, -0.05) is 17.7 Å². The molecule has 0 radical (unpaired) electrons. The van der Waals surface area contributed by atoms with Gasteiger partial charge in [0.05, 0.1) is 16.4 Å². The molecule has 1 aromatic rings. The fraction of sp³-hybridized carbons (Fsp3) is 0.400. The summed E-state index contributed by atoms with van der Waals surface area (Å²) in [7, 11) is 0. The Morgan fingerprint density at radius 3 is 2.92 bits per heavy atom. The molecule has 0 unspecified atom stereocenters. The number of hydrogen-bond donors (Lipinski definition) is 2. The maximum Gasteiger partial charge on any atom is 0.0739 e. The topological polar surface area (TPSA) is 38.0 Å². The Balaban J connectivity index is 2.05. The smallest absolute Gasteiger partial charge is 0.0739 e. The molecule has 1 aliphatic rings. The van der Waals surface area contributed by atoms with E-state index in [9.17, 15) is 0 Å². The molecular formula is C10H13ClN2. The van der Waals surface area contributed by atoms with E-state index >= 15 is 0 Å². The lowest BCUT2D eigenvalue weighted by atomic mass is 10.2. The molecule has 2 rings (SSSR count). The number of rotatable bonds is 3. The molecule has 0 heterocycles. The molecular weight excluding hydrogens is 184 g/mol. The van der Waals surface area contributed by atoms with Crippen molar-refractivity contribution in [2.75, 3.05) is 17.6 Å². The van der Waals surface area contributed by atoms with Crippen molar-refractivity contribution in [1.29, 1.82) is 0 Å². The van der Waals surface area contributed by atoms with E-state index in [1.807, 2.05) is 12.1 Å². The van der Waals surface area contributed by atoms with E-state index in [1.54, 1.807) is 6.07 Å². The Labute approximate surface area is 83.1 Å². The Bertz CT molecular complexity index is 308. The van der Waals surface area contributed by atoms with Gasteiger partial charge in [-0.2, -0.15) is 0 Å². The molecule has 1 aliphatic carbocycles. The van der Waals surface area contributed by atoms with E-state index in [2.05, 4.69) is 5.32 Å². The van der Waals surface area contributed by atoms with Gasteiger partial charge in [0.15, 0.2) is 0 Å². The second-order valence-electron chi connectivity index (χ2n) is 3.53. The minimum Gasteiger partial charge on any atom is -0.396 e. The van der Waals surface area contributed by atoms with Crippen molar-refractivity contribution in [2.24, 2.45) is 5.92 Å². The van der Waals surface area contributed by atoms with Gasteiger partial charge in [-0.05, 0) is 30.9 Å². The SMILES string of the molecule is Nc1c(Cl)cccc1NCC1CC1. The quantitative estimate of drug-likeness (QED) is 0.730. The summed E-state index contributed by atoms with van der Waals surface area (Å²) in [6, 6.07) is 5.68. The van der Waals surface area contributed by atoms with Crippen LogP contribution in [0.5, 0.6) is 0 Å². The zero-order valence-electron chi connectivity index (χ0n) is 7.39. The molecule has 3 heteroatoms. The third-order valence-electron chi connectivity index (χ3n) is 2.33. The first-order chi connectivity index (χ1) is 6.27. The molecule has 0 atom stereocenters. The molecule has 70 valence electrons. The molecule has 0 amide bonds. The minimum atomic E-state index is 0.626. The van der Waals surface area contributed by atoms with E-state index in [4.69, 9.17) is 17.3 Å². The fourth-order valence-electron chi connectivity index (χ4n) is 1.27. The van der Waals surface area contributed by atoms with Crippen LogP contribution >= 0.6 is 11.6 Å². The Morgan fingerprint density at radius 2 is 2.23 bits per heavy atom. The molecule has 0 bridgehead atoms. The number of halogens is 1. The zero-order chi connectivity index (χ0) is 9.26. The largest absolute Gasteiger partial charge is 0.396 e. The first kappa shape index (κ1) is 8.70. The van der Waals surface area contributed by atoms with Crippen molar-refractivity contribution in [3.8, 4) is 0 Å². The molecule has 0 aliphatic heterocycles. The first-order valence-corrected chi connectivity index (χ1v) is 4.93. The van der Waals surface area contributed by atoms with Crippen molar-refractivity contribution in [3.05, 3.63) is 23.2 Å². The van der Waals surface area contributed by atoms with Gasteiger partial charge in [0.2, 0.25) is 0 Å². The lowest BCUT2D eigenvalue weighted by Crippen LogP contribution is -2.05. The number of nitrogen functional groups attached to an aromatic ring is 1. The van der Waals surface area contributed by atoms with Crippen molar-refractivity contribution < 1.29 is 0 Å². The van der Waals surface area contributed by atoms with Gasteiger partial charge < -0.3 is 11.1 Å². The number of anilines is 2. The van der Waals surface area contributed by atoms with Crippen LogP contribution in [0, 0.1) is 5.92 Å². The normalized spacial score (nSPS) is 15.8. The zero-order valence-corrected chi connectivity index (χ0v) is 8.14. The molecule has 13 heavy (non-hydrogen) atoms. The molecule has 2 nitrogen and oxygen atoms in total. The minimum absolute atomic E-state index is 0.626. The summed E-state index contributed by atoms with van der Waals surface area (Å²) in [6.45, 7) is 1.02. The third-order valence-corrected chi connectivity index (χ3v) is 2.66. The summed E-state index contributed by atoms with van der Waals surface area (Å²) < 4.78 is 0.